The topological polar surface area (TPSA) is 18.5 Å². The third kappa shape index (κ3) is 7.32. The van der Waals surface area contributed by atoms with Gasteiger partial charge in [0, 0.05) is 10.8 Å². The van der Waals surface area contributed by atoms with Crippen LogP contribution in [0.2, 0.25) is 0 Å². The minimum atomic E-state index is 0.723. The van der Waals surface area contributed by atoms with Crippen molar-refractivity contribution in [2.75, 3.05) is 13.2 Å². The van der Waals surface area contributed by atoms with E-state index >= 15 is 0 Å². The molecule has 0 N–H and O–H groups in total. The summed E-state index contributed by atoms with van der Waals surface area (Å²) in [5.41, 5.74) is 8.20. The minimum Gasteiger partial charge on any atom is -0.493 e. The number of ether oxygens (including phenoxy) is 2. The van der Waals surface area contributed by atoms with E-state index in [9.17, 15) is 0 Å². The zero-order valence-corrected chi connectivity index (χ0v) is 28.8. The first-order valence-electron chi connectivity index (χ1n) is 17.9. The normalized spacial score (nSPS) is 11.6. The third-order valence-corrected chi connectivity index (χ3v) is 9.36. The van der Waals surface area contributed by atoms with E-state index in [1.165, 1.54) is 69.5 Å². The summed E-state index contributed by atoms with van der Waals surface area (Å²) in [7, 11) is 0. The van der Waals surface area contributed by atoms with Crippen molar-refractivity contribution < 1.29 is 9.47 Å². The van der Waals surface area contributed by atoms with E-state index in [4.69, 9.17) is 9.47 Å². The van der Waals surface area contributed by atoms with E-state index in [0.29, 0.717) is 0 Å². The number of hydrogen-bond acceptors (Lipinski definition) is 2. The van der Waals surface area contributed by atoms with Gasteiger partial charge in [-0.2, -0.15) is 0 Å². The predicted molar refractivity (Wildman–Crippen MR) is 197 cm³/mol. The highest BCUT2D eigenvalue weighted by molar-refractivity contribution is 6.12. The molecule has 0 unspecified atom stereocenters. The summed E-state index contributed by atoms with van der Waals surface area (Å²) in [6, 6.07) is 23.4. The Labute approximate surface area is 272 Å². The lowest BCUT2D eigenvalue weighted by Crippen LogP contribution is -2.01. The molecule has 2 nitrogen and oxygen atoms in total. The molecule has 0 heterocycles. The SMILES string of the molecule is CCCCOc1cc(-c2ccc3c(c2)c(CCCC)c(CCCC)c2cc(CC)ccc23)cc2c(OCCCC)cc(C)cc12. The molecule has 45 heavy (non-hydrogen) atoms. The number of aryl methyl sites for hydroxylation is 4. The van der Waals surface area contributed by atoms with Crippen molar-refractivity contribution in [1.29, 1.82) is 0 Å². The number of rotatable bonds is 16. The lowest BCUT2D eigenvalue weighted by atomic mass is 9.85. The van der Waals surface area contributed by atoms with Gasteiger partial charge in [-0.1, -0.05) is 90.6 Å². The average Bonchev–Trinajstić information content (AvgIpc) is 3.06. The van der Waals surface area contributed by atoms with E-state index in [1.54, 1.807) is 11.1 Å². The fraction of sp³-hybridized carbons (Fsp3) is 0.442. The largest absolute Gasteiger partial charge is 0.493 e. The Balaban J connectivity index is 1.75. The minimum absolute atomic E-state index is 0.723. The Morgan fingerprint density at radius 2 is 1.00 bits per heavy atom. The highest BCUT2D eigenvalue weighted by Gasteiger charge is 2.17. The van der Waals surface area contributed by atoms with Crippen molar-refractivity contribution in [2.24, 2.45) is 0 Å². The molecule has 0 fully saturated rings. The van der Waals surface area contributed by atoms with Gasteiger partial charge in [-0.05, 0) is 137 Å². The fourth-order valence-electron chi connectivity index (χ4n) is 6.70. The molecule has 0 aliphatic rings. The lowest BCUT2D eigenvalue weighted by Gasteiger charge is -2.20. The van der Waals surface area contributed by atoms with Crippen molar-refractivity contribution in [3.8, 4) is 22.6 Å². The summed E-state index contributed by atoms with van der Waals surface area (Å²) in [4.78, 5) is 0. The third-order valence-electron chi connectivity index (χ3n) is 9.36. The average molecular weight is 603 g/mol. The van der Waals surface area contributed by atoms with E-state index in [0.717, 1.165) is 80.4 Å². The lowest BCUT2D eigenvalue weighted by molar-refractivity contribution is 0.309. The summed E-state index contributed by atoms with van der Waals surface area (Å²) in [5.74, 6) is 1.92. The summed E-state index contributed by atoms with van der Waals surface area (Å²) in [5, 5.41) is 7.94. The number of unbranched alkanes of at least 4 members (excludes halogenated alkanes) is 4. The highest BCUT2D eigenvalue weighted by atomic mass is 16.5. The maximum atomic E-state index is 6.51. The first kappa shape index (κ1) is 32.9. The molecule has 0 saturated heterocycles. The standard InChI is InChI=1S/C43H54O2/c1-7-12-16-34-35(17-13-8-2)39-27-32(19-21-37(39)36-20-18-31(11-5)26-38(34)36)33-28-41-40(43(29-33)45-23-15-10-4)24-30(6)25-42(41)44-22-14-9-3/h18-21,24-29H,7-17,22-23H2,1-6H3. The molecular weight excluding hydrogens is 548 g/mol. The molecule has 0 aromatic heterocycles. The molecule has 0 radical (unpaired) electrons. The van der Waals surface area contributed by atoms with E-state index in [-0.39, 0.29) is 0 Å². The summed E-state index contributed by atoms with van der Waals surface area (Å²) < 4.78 is 12.9. The second-order valence-electron chi connectivity index (χ2n) is 12.9. The van der Waals surface area contributed by atoms with Crippen molar-refractivity contribution in [1.82, 2.24) is 0 Å². The first-order valence-corrected chi connectivity index (χ1v) is 17.9. The molecule has 5 aromatic carbocycles. The Kier molecular flexibility index (Phi) is 11.4. The molecular formula is C43H54O2. The van der Waals surface area contributed by atoms with Crippen molar-refractivity contribution in [3.05, 3.63) is 82.9 Å². The fourth-order valence-corrected chi connectivity index (χ4v) is 6.70. The molecule has 2 heteroatoms. The van der Waals surface area contributed by atoms with Crippen LogP contribution in [0.3, 0.4) is 0 Å². The van der Waals surface area contributed by atoms with Gasteiger partial charge in [0.25, 0.3) is 0 Å². The smallest absolute Gasteiger partial charge is 0.127 e. The van der Waals surface area contributed by atoms with Crippen LogP contribution in [-0.2, 0) is 19.3 Å². The van der Waals surface area contributed by atoms with Crippen LogP contribution in [-0.4, -0.2) is 13.2 Å². The van der Waals surface area contributed by atoms with Crippen LogP contribution in [0.25, 0.3) is 43.4 Å². The predicted octanol–water partition coefficient (Wildman–Crippen LogP) is 12.7. The van der Waals surface area contributed by atoms with Gasteiger partial charge in [-0.15, -0.1) is 0 Å². The second kappa shape index (κ2) is 15.7. The van der Waals surface area contributed by atoms with Crippen molar-refractivity contribution in [2.45, 2.75) is 112 Å². The Morgan fingerprint density at radius 3 is 1.60 bits per heavy atom. The van der Waals surface area contributed by atoms with Gasteiger partial charge < -0.3 is 9.47 Å². The molecule has 0 atom stereocenters. The number of fused-ring (bicyclic) bond motifs is 4. The van der Waals surface area contributed by atoms with Gasteiger partial charge >= 0.3 is 0 Å². The van der Waals surface area contributed by atoms with Gasteiger partial charge in [-0.25, -0.2) is 0 Å². The molecule has 0 bridgehead atoms. The molecule has 0 aliphatic carbocycles. The Hall–Kier alpha value is -3.52. The molecule has 0 saturated carbocycles. The van der Waals surface area contributed by atoms with E-state index in [2.05, 4.69) is 102 Å². The van der Waals surface area contributed by atoms with Crippen LogP contribution in [0.15, 0.2) is 60.7 Å². The maximum Gasteiger partial charge on any atom is 0.127 e. The molecule has 5 aromatic rings. The second-order valence-corrected chi connectivity index (χ2v) is 12.9. The van der Waals surface area contributed by atoms with Crippen LogP contribution in [0.4, 0.5) is 0 Å². The number of hydrogen-bond donors (Lipinski definition) is 0. The van der Waals surface area contributed by atoms with Crippen LogP contribution < -0.4 is 9.47 Å². The van der Waals surface area contributed by atoms with Crippen LogP contribution in [0.1, 0.15) is 108 Å². The van der Waals surface area contributed by atoms with Gasteiger partial charge in [0.05, 0.1) is 13.2 Å². The summed E-state index contributed by atoms with van der Waals surface area (Å²) in [6.45, 7) is 14.9. The van der Waals surface area contributed by atoms with Crippen LogP contribution in [0, 0.1) is 6.92 Å². The zero-order chi connectivity index (χ0) is 31.8. The molecule has 0 aliphatic heterocycles. The van der Waals surface area contributed by atoms with Gasteiger partial charge in [0.15, 0.2) is 0 Å². The molecule has 0 amide bonds. The molecule has 0 spiro atoms. The van der Waals surface area contributed by atoms with Gasteiger partial charge in [-0.3, -0.25) is 0 Å². The van der Waals surface area contributed by atoms with E-state index in [1.807, 2.05) is 0 Å². The van der Waals surface area contributed by atoms with Crippen LogP contribution >= 0.6 is 0 Å². The monoisotopic (exact) mass is 602 g/mol. The van der Waals surface area contributed by atoms with Crippen LogP contribution in [0.5, 0.6) is 11.5 Å². The van der Waals surface area contributed by atoms with Gasteiger partial charge in [0.2, 0.25) is 0 Å². The van der Waals surface area contributed by atoms with E-state index < -0.39 is 0 Å². The zero-order valence-electron chi connectivity index (χ0n) is 28.8. The van der Waals surface area contributed by atoms with Crippen molar-refractivity contribution >= 4 is 32.3 Å². The summed E-state index contributed by atoms with van der Waals surface area (Å²) >= 11 is 0. The maximum absolute atomic E-state index is 6.51. The highest BCUT2D eigenvalue weighted by Crippen LogP contribution is 2.41. The van der Waals surface area contributed by atoms with Crippen molar-refractivity contribution in [3.63, 3.8) is 0 Å². The number of benzene rings is 5. The Morgan fingerprint density at radius 1 is 0.467 bits per heavy atom. The Bertz CT molecular complexity index is 1750. The quantitative estimate of drug-likeness (QED) is 0.0826. The molecule has 238 valence electrons. The van der Waals surface area contributed by atoms with Gasteiger partial charge in [0.1, 0.15) is 11.5 Å². The summed E-state index contributed by atoms with van der Waals surface area (Å²) in [6.07, 6.45) is 12.5. The molecule has 5 rings (SSSR count). The first-order chi connectivity index (χ1) is 22.0.